The molecule has 0 amide bonds. The summed E-state index contributed by atoms with van der Waals surface area (Å²) in [6.45, 7) is 7.17. The fourth-order valence-electron chi connectivity index (χ4n) is 5.21. The molecule has 0 spiro atoms. The van der Waals surface area contributed by atoms with Crippen LogP contribution in [0.15, 0.2) is 52.3 Å². The van der Waals surface area contributed by atoms with E-state index in [0.29, 0.717) is 18.7 Å². The van der Waals surface area contributed by atoms with Gasteiger partial charge in [-0.2, -0.15) is 13.2 Å². The van der Waals surface area contributed by atoms with E-state index in [4.69, 9.17) is 9.47 Å². The number of halogens is 3. The maximum atomic E-state index is 13.5. The smallest absolute Gasteiger partial charge is 0.416 e. The van der Waals surface area contributed by atoms with Crippen molar-refractivity contribution in [2.75, 3.05) is 31.1 Å². The van der Waals surface area contributed by atoms with Crippen LogP contribution in [0.3, 0.4) is 0 Å². The van der Waals surface area contributed by atoms with Gasteiger partial charge in [-0.05, 0) is 69.5 Å². The third-order valence-electron chi connectivity index (χ3n) is 7.26. The molecule has 39 heavy (non-hydrogen) atoms. The van der Waals surface area contributed by atoms with Gasteiger partial charge in [-0.15, -0.1) is 0 Å². The van der Waals surface area contributed by atoms with Gasteiger partial charge in [0.1, 0.15) is 0 Å². The second-order valence-electron chi connectivity index (χ2n) is 10.3. The molecule has 214 valence electrons. The SMILES string of the molecule is CCCCCCC(=O)OC(C)OC1CCN(CCCN2c3ccccc3Sc3ccc(C(F)(F)F)cc32)CC1. The fourth-order valence-corrected chi connectivity index (χ4v) is 6.28. The van der Waals surface area contributed by atoms with Crippen molar-refractivity contribution < 1.29 is 27.4 Å². The number of anilines is 2. The summed E-state index contributed by atoms with van der Waals surface area (Å²) in [5.41, 5.74) is 0.953. The Labute approximate surface area is 234 Å². The molecule has 0 aliphatic carbocycles. The highest BCUT2D eigenvalue weighted by molar-refractivity contribution is 7.99. The van der Waals surface area contributed by atoms with E-state index in [2.05, 4.69) is 11.8 Å². The molecule has 1 unspecified atom stereocenters. The molecule has 1 atom stereocenters. The van der Waals surface area contributed by atoms with E-state index in [0.717, 1.165) is 80.1 Å². The fraction of sp³-hybridized carbons (Fsp3) is 0.567. The molecule has 0 N–H and O–H groups in total. The normalized spacial score (nSPS) is 17.0. The average Bonchev–Trinajstić information content (AvgIpc) is 2.91. The van der Waals surface area contributed by atoms with Gasteiger partial charge < -0.3 is 19.3 Å². The van der Waals surface area contributed by atoms with Gasteiger partial charge in [0.2, 0.25) is 0 Å². The van der Waals surface area contributed by atoms with Crippen LogP contribution in [0.25, 0.3) is 0 Å². The Hall–Kier alpha value is -2.23. The maximum absolute atomic E-state index is 13.5. The number of hydrogen-bond acceptors (Lipinski definition) is 6. The molecule has 2 aliphatic rings. The Kier molecular flexibility index (Phi) is 10.6. The van der Waals surface area contributed by atoms with Crippen LogP contribution in [0.1, 0.15) is 70.8 Å². The van der Waals surface area contributed by atoms with Gasteiger partial charge in [-0.3, -0.25) is 4.79 Å². The molecule has 4 rings (SSSR count). The standard InChI is InChI=1S/C30H39F3N2O3S/c1-3-4-5-6-12-29(36)38-22(2)37-24-15-19-34(20-16-24)17-9-18-35-25-10-7-8-11-27(25)39-28-14-13-23(21-26(28)35)30(31,32)33/h7-8,10-11,13-14,21-22,24H,3-6,9,12,15-20H2,1-2H3. The maximum Gasteiger partial charge on any atom is 0.416 e. The summed E-state index contributed by atoms with van der Waals surface area (Å²) >= 11 is 1.52. The lowest BCUT2D eigenvalue weighted by Crippen LogP contribution is -2.40. The molecule has 2 aromatic rings. The quantitative estimate of drug-likeness (QED) is 0.148. The van der Waals surface area contributed by atoms with Crippen LogP contribution in [0, 0.1) is 0 Å². The molecule has 2 aromatic carbocycles. The molecule has 1 saturated heterocycles. The number of carbonyl (C=O) groups is 1. The molecule has 9 heteroatoms. The van der Waals surface area contributed by atoms with Crippen LogP contribution in [0.2, 0.25) is 0 Å². The molecule has 0 aromatic heterocycles. The van der Waals surface area contributed by atoms with Crippen LogP contribution in [0.5, 0.6) is 0 Å². The molecule has 0 bridgehead atoms. The Bertz CT molecular complexity index is 1090. The lowest BCUT2D eigenvalue weighted by Gasteiger charge is -2.35. The molecule has 2 aliphatic heterocycles. The number of nitrogens with zero attached hydrogens (tertiary/aromatic N) is 2. The van der Waals surface area contributed by atoms with Crippen molar-refractivity contribution in [2.45, 2.75) is 93.6 Å². The van der Waals surface area contributed by atoms with Crippen LogP contribution >= 0.6 is 11.8 Å². The van der Waals surface area contributed by atoms with Crippen LogP contribution in [-0.2, 0) is 20.4 Å². The second-order valence-corrected chi connectivity index (χ2v) is 11.4. The number of fused-ring (bicyclic) bond motifs is 2. The average molecular weight is 565 g/mol. The van der Waals surface area contributed by atoms with Crippen LogP contribution in [-0.4, -0.2) is 49.4 Å². The number of ether oxygens (including phenoxy) is 2. The monoisotopic (exact) mass is 564 g/mol. The predicted octanol–water partition coefficient (Wildman–Crippen LogP) is 8.04. The summed E-state index contributed by atoms with van der Waals surface area (Å²) in [6, 6.07) is 11.9. The molecule has 0 saturated carbocycles. The zero-order valence-corrected chi connectivity index (χ0v) is 23.7. The van der Waals surface area contributed by atoms with Crippen molar-refractivity contribution in [3.63, 3.8) is 0 Å². The van der Waals surface area contributed by atoms with Crippen LogP contribution < -0.4 is 4.90 Å². The number of carbonyl (C=O) groups excluding carboxylic acids is 1. The second kappa shape index (κ2) is 13.9. The number of esters is 1. The van der Waals surface area contributed by atoms with Gasteiger partial charge in [0, 0.05) is 35.8 Å². The van der Waals surface area contributed by atoms with E-state index < -0.39 is 18.0 Å². The Balaban J connectivity index is 1.25. The lowest BCUT2D eigenvalue weighted by molar-refractivity contribution is -0.188. The predicted molar refractivity (Wildman–Crippen MR) is 148 cm³/mol. The van der Waals surface area contributed by atoms with Crippen molar-refractivity contribution in [1.29, 1.82) is 0 Å². The van der Waals surface area contributed by atoms with Gasteiger partial charge in [0.15, 0.2) is 6.29 Å². The van der Waals surface area contributed by atoms with E-state index >= 15 is 0 Å². The third-order valence-corrected chi connectivity index (χ3v) is 8.39. The van der Waals surface area contributed by atoms with E-state index in [1.165, 1.54) is 23.9 Å². The summed E-state index contributed by atoms with van der Waals surface area (Å²) in [4.78, 5) is 18.3. The largest absolute Gasteiger partial charge is 0.436 e. The van der Waals surface area contributed by atoms with Crippen molar-refractivity contribution in [2.24, 2.45) is 0 Å². The highest BCUT2D eigenvalue weighted by Gasteiger charge is 2.33. The Morgan fingerprint density at radius 1 is 1.00 bits per heavy atom. The minimum atomic E-state index is -4.38. The molecule has 2 heterocycles. The summed E-state index contributed by atoms with van der Waals surface area (Å²) in [7, 11) is 0. The highest BCUT2D eigenvalue weighted by Crippen LogP contribution is 2.49. The van der Waals surface area contributed by atoms with E-state index in [1.54, 1.807) is 13.0 Å². The van der Waals surface area contributed by atoms with E-state index in [-0.39, 0.29) is 12.1 Å². The first-order chi connectivity index (χ1) is 18.7. The van der Waals surface area contributed by atoms with Crippen molar-refractivity contribution in [3.8, 4) is 0 Å². The number of likely N-dealkylation sites (tertiary alicyclic amines) is 1. The lowest BCUT2D eigenvalue weighted by atomic mass is 10.1. The summed E-state index contributed by atoms with van der Waals surface area (Å²) in [5, 5.41) is 0. The first kappa shape index (κ1) is 29.7. The van der Waals surface area contributed by atoms with E-state index in [1.807, 2.05) is 29.2 Å². The number of rotatable bonds is 12. The first-order valence-corrected chi connectivity index (χ1v) is 14.9. The van der Waals surface area contributed by atoms with Gasteiger partial charge in [-0.1, -0.05) is 50.1 Å². The number of alkyl halides is 3. The van der Waals surface area contributed by atoms with Crippen LogP contribution in [0.4, 0.5) is 24.5 Å². The molecule has 5 nitrogen and oxygen atoms in total. The molecule has 1 fully saturated rings. The number of benzene rings is 2. The molecule has 0 radical (unpaired) electrons. The van der Waals surface area contributed by atoms with Gasteiger partial charge in [0.05, 0.1) is 23.0 Å². The zero-order valence-electron chi connectivity index (χ0n) is 22.8. The van der Waals surface area contributed by atoms with Crippen molar-refractivity contribution in [3.05, 3.63) is 48.0 Å². The summed E-state index contributed by atoms with van der Waals surface area (Å²) in [6.07, 6.45) is 2.29. The number of unbranched alkanes of at least 4 members (excludes halogenated alkanes) is 3. The highest BCUT2D eigenvalue weighted by atomic mass is 32.2. The van der Waals surface area contributed by atoms with Crippen molar-refractivity contribution >= 4 is 29.1 Å². The van der Waals surface area contributed by atoms with Gasteiger partial charge in [0.25, 0.3) is 0 Å². The number of para-hydroxylation sites is 1. The number of piperidine rings is 1. The van der Waals surface area contributed by atoms with Crippen molar-refractivity contribution in [1.82, 2.24) is 4.90 Å². The molecular weight excluding hydrogens is 525 g/mol. The minimum Gasteiger partial charge on any atom is -0.436 e. The summed E-state index contributed by atoms with van der Waals surface area (Å²) < 4.78 is 51.8. The Morgan fingerprint density at radius 2 is 1.74 bits per heavy atom. The first-order valence-electron chi connectivity index (χ1n) is 14.1. The third kappa shape index (κ3) is 8.38. The Morgan fingerprint density at radius 3 is 2.49 bits per heavy atom. The van der Waals surface area contributed by atoms with Gasteiger partial charge >= 0.3 is 12.1 Å². The van der Waals surface area contributed by atoms with E-state index in [9.17, 15) is 18.0 Å². The minimum absolute atomic E-state index is 0.0582. The number of hydrogen-bond donors (Lipinski definition) is 0. The molecular formula is C30H39F3N2O3S. The topological polar surface area (TPSA) is 42.0 Å². The zero-order chi connectivity index (χ0) is 27.8. The summed E-state index contributed by atoms with van der Waals surface area (Å²) in [5.74, 6) is -0.197. The van der Waals surface area contributed by atoms with Gasteiger partial charge in [-0.25, -0.2) is 0 Å².